The minimum atomic E-state index is -1.17. The summed E-state index contributed by atoms with van der Waals surface area (Å²) in [6.45, 7) is 0. The summed E-state index contributed by atoms with van der Waals surface area (Å²) in [5.74, 6) is 0. The van der Waals surface area contributed by atoms with Gasteiger partial charge in [-0.1, -0.05) is 303 Å². The van der Waals surface area contributed by atoms with Gasteiger partial charge < -0.3 is 0 Å². The molecule has 0 bridgehead atoms. The van der Waals surface area contributed by atoms with Crippen molar-refractivity contribution < 1.29 is 41.1 Å². The first-order valence-electron chi connectivity index (χ1n) is 41.8. The SMILES string of the molecule is [2H]c1c([2H])c([2H])c(-c2c([2H])c([2H])c3c(-c4c([2H])c([2H])c(-c5c([2H])c([2H])c6c([2H])c([2H])c([2H])c([2H])c6c5[2H])c([2H])c4[2H])c4c([2H])c([2H])c([2H])c([2H])c4c(-c4c([2H])c([2H])c([2H])c5c([2H])c([2H])c([2H])c([2H])c45)c3c2[2H])c([2H])c1[2H].c1cc2ccc3ccc(-c4ccc(-c5ccc6ccc7cccc8ccc5c6c78)cc4)c4ccc(c1)c2c34. The number of rotatable bonds is 6. The van der Waals surface area contributed by atoms with Crippen LogP contribution in [0.4, 0.5) is 0 Å². The average Bonchev–Trinajstić information content (AvgIpc) is 0.678. The van der Waals surface area contributed by atoms with E-state index in [2.05, 4.69) is 133 Å². The van der Waals surface area contributed by atoms with E-state index in [1.807, 2.05) is 0 Å². The monoisotopic (exact) mass is 1090 g/mol. The summed E-state index contributed by atoms with van der Waals surface area (Å²) < 4.78 is 270. The molecule has 18 aromatic carbocycles. The summed E-state index contributed by atoms with van der Waals surface area (Å²) in [5, 5.41) is 9.92. The number of hydrogen-bond donors (Lipinski definition) is 0. The highest BCUT2D eigenvalue weighted by atomic mass is 14.2. The molecule has 0 aliphatic rings. The van der Waals surface area contributed by atoms with Gasteiger partial charge in [-0.2, -0.15) is 0 Å². The fourth-order valence-corrected chi connectivity index (χ4v) is 12.0. The Hall–Kier alpha value is -10.9. The topological polar surface area (TPSA) is 0 Å². The molecule has 18 rings (SSSR count). The van der Waals surface area contributed by atoms with E-state index < -0.39 is 269 Å². The molecule has 0 saturated heterocycles. The van der Waals surface area contributed by atoms with Gasteiger partial charge >= 0.3 is 0 Å². The first-order chi connectivity index (χ1) is 54.2. The Bertz CT molecular complexity index is 7190. The Morgan fingerprint density at radius 1 is 0.179 bits per heavy atom. The van der Waals surface area contributed by atoms with Crippen molar-refractivity contribution in [1.82, 2.24) is 0 Å². The largest absolute Gasteiger partial charge is 0.0636 e. The van der Waals surface area contributed by atoms with Crippen molar-refractivity contribution in [3.8, 4) is 66.8 Å². The maximum atomic E-state index is 10.0. The third-order valence-corrected chi connectivity index (χ3v) is 15.8. The second kappa shape index (κ2) is 19.4. The Kier molecular flexibility index (Phi) is 6.18. The van der Waals surface area contributed by atoms with E-state index in [0.29, 0.717) is 0 Å². The first kappa shape index (κ1) is 26.8. The zero-order valence-electron chi connectivity index (χ0n) is 73.7. The van der Waals surface area contributed by atoms with Crippen molar-refractivity contribution in [2.75, 3.05) is 0 Å². The highest BCUT2D eigenvalue weighted by Crippen LogP contribution is 2.48. The Balaban J connectivity index is 0.000000203. The molecule has 0 fully saturated rings. The van der Waals surface area contributed by atoms with Gasteiger partial charge in [0, 0.05) is 0 Å². The van der Waals surface area contributed by atoms with Crippen molar-refractivity contribution in [2.24, 2.45) is 0 Å². The summed E-state index contributed by atoms with van der Waals surface area (Å²) in [6.07, 6.45) is 0. The van der Waals surface area contributed by atoms with Crippen molar-refractivity contribution >= 4 is 108 Å². The lowest BCUT2D eigenvalue weighted by molar-refractivity contribution is 1.62. The minimum absolute atomic E-state index is 0.568. The molecular formula is C84H52. The van der Waals surface area contributed by atoms with Crippen LogP contribution >= 0.6 is 0 Å². The van der Waals surface area contributed by atoms with Crippen LogP contribution < -0.4 is 0 Å². The Morgan fingerprint density at radius 3 is 1.23 bits per heavy atom. The van der Waals surface area contributed by atoms with E-state index in [1.165, 1.54) is 86.9 Å². The van der Waals surface area contributed by atoms with E-state index in [1.54, 1.807) is 0 Å². The Morgan fingerprint density at radius 2 is 0.607 bits per heavy atom. The van der Waals surface area contributed by atoms with E-state index >= 15 is 0 Å². The lowest BCUT2D eigenvalue weighted by atomic mass is 9.83. The molecule has 0 saturated carbocycles. The molecule has 0 radical (unpaired) electrons. The van der Waals surface area contributed by atoms with E-state index in [9.17, 15) is 13.7 Å². The maximum Gasteiger partial charge on any atom is 0.0636 e. The molecule has 0 aliphatic carbocycles. The number of hydrogen-bond acceptors (Lipinski definition) is 0. The molecule has 0 spiro atoms. The lowest BCUT2D eigenvalue weighted by Gasteiger charge is -2.20. The minimum Gasteiger partial charge on any atom is -0.0622 e. The van der Waals surface area contributed by atoms with Gasteiger partial charge in [-0.3, -0.25) is 0 Å². The fraction of sp³-hybridized carbons (Fsp3) is 0. The van der Waals surface area contributed by atoms with Crippen LogP contribution in [-0.2, 0) is 0 Å². The van der Waals surface area contributed by atoms with Crippen LogP contribution in [0, 0.1) is 0 Å². The highest BCUT2D eigenvalue weighted by molar-refractivity contribution is 6.28. The summed E-state index contributed by atoms with van der Waals surface area (Å²) >= 11 is 0. The molecule has 0 atom stereocenters. The van der Waals surface area contributed by atoms with Crippen LogP contribution in [0.5, 0.6) is 0 Å². The molecule has 84 heavy (non-hydrogen) atoms. The molecule has 0 unspecified atom stereocenters. The van der Waals surface area contributed by atoms with E-state index in [4.69, 9.17) is 27.4 Å². The normalized spacial score (nSPS) is 16.8. The third kappa shape index (κ3) is 7.76. The van der Waals surface area contributed by atoms with Gasteiger partial charge in [0.1, 0.15) is 0 Å². The van der Waals surface area contributed by atoms with Crippen LogP contribution in [0.15, 0.2) is 315 Å². The van der Waals surface area contributed by atoms with Gasteiger partial charge in [0.05, 0.1) is 41.1 Å². The highest BCUT2D eigenvalue weighted by Gasteiger charge is 2.20. The molecule has 0 nitrogen and oxygen atoms in total. The zero-order chi connectivity index (χ0) is 81.4. The number of fused-ring (bicyclic) bond motifs is 4. The molecule has 0 heterocycles. The van der Waals surface area contributed by atoms with Gasteiger partial charge in [0.15, 0.2) is 0 Å². The molecular weight excluding hydrogens is 1010 g/mol. The van der Waals surface area contributed by atoms with Gasteiger partial charge in [-0.15, -0.1) is 0 Å². The zero-order valence-corrected chi connectivity index (χ0v) is 43.7. The van der Waals surface area contributed by atoms with Crippen LogP contribution in [0.2, 0.25) is 0 Å². The molecule has 0 amide bonds. The summed E-state index contributed by atoms with van der Waals surface area (Å²) in [4.78, 5) is 0. The third-order valence-electron chi connectivity index (χ3n) is 15.8. The summed E-state index contributed by atoms with van der Waals surface area (Å²) in [6, 6.07) is 19.6. The summed E-state index contributed by atoms with van der Waals surface area (Å²) in [5.41, 5.74) is -1.85. The summed E-state index contributed by atoms with van der Waals surface area (Å²) in [7, 11) is 0. The average molecular weight is 1090 g/mol. The second-order valence-corrected chi connectivity index (χ2v) is 20.3. The van der Waals surface area contributed by atoms with Crippen molar-refractivity contribution in [3.05, 3.63) is 315 Å². The lowest BCUT2D eigenvalue weighted by Crippen LogP contribution is -1.92. The van der Waals surface area contributed by atoms with Gasteiger partial charge in [0.25, 0.3) is 0 Å². The van der Waals surface area contributed by atoms with E-state index in [-0.39, 0.29) is 0 Å². The molecule has 18 aromatic rings. The standard InChI is InChI=1S/C46H30.C38H22/c1-2-11-31(12-3-1)38-27-28-43-44(30-38)46(40-20-10-16-34-14-6-7-17-39(34)40)42-19-9-8-18-41(42)45(43)35-24-21-33(22-25-35)37-26-23-32-13-4-5-15-36(32)29-37;1-3-25-11-13-29-15-19-31(33-21-17-27(5-1)35(25)37(29)33)23-7-9-24(10-8-23)32-20-16-30-14-12-26-4-2-6-28-18-22-34(32)38(30)36(26)28/h1-30H;1-22H/i1D,2D,3D,4D,5D,6D,7D,8D,9D,10D,11D,12D,13D,14D,15D,16D,17D,18D,19D,20D,21D,22D,23D,24D,25D,26D,27D,28D,29D,30D;. The number of benzene rings is 18. The first-order valence-corrected chi connectivity index (χ1v) is 26.8. The molecule has 0 aromatic heterocycles. The van der Waals surface area contributed by atoms with Gasteiger partial charge in [0.2, 0.25) is 0 Å². The van der Waals surface area contributed by atoms with Crippen molar-refractivity contribution in [3.63, 3.8) is 0 Å². The van der Waals surface area contributed by atoms with Crippen LogP contribution in [-0.4, -0.2) is 0 Å². The molecule has 0 heteroatoms. The molecule has 0 aliphatic heterocycles. The quantitative estimate of drug-likeness (QED) is 0.115. The second-order valence-electron chi connectivity index (χ2n) is 20.3. The van der Waals surface area contributed by atoms with E-state index in [0.717, 1.165) is 0 Å². The maximum absolute atomic E-state index is 10.0. The van der Waals surface area contributed by atoms with Crippen LogP contribution in [0.1, 0.15) is 41.1 Å². The molecule has 0 N–H and O–H groups in total. The van der Waals surface area contributed by atoms with Crippen molar-refractivity contribution in [1.29, 1.82) is 0 Å². The van der Waals surface area contributed by atoms with Gasteiger partial charge in [-0.05, 0) is 187 Å². The van der Waals surface area contributed by atoms with Crippen LogP contribution in [0.25, 0.3) is 174 Å². The van der Waals surface area contributed by atoms with Crippen LogP contribution in [0.3, 0.4) is 0 Å². The predicted molar refractivity (Wildman–Crippen MR) is 363 cm³/mol. The predicted octanol–water partition coefficient (Wildman–Crippen LogP) is 23.8. The molecule has 388 valence electrons. The van der Waals surface area contributed by atoms with Gasteiger partial charge in [-0.25, -0.2) is 0 Å². The van der Waals surface area contributed by atoms with Crippen molar-refractivity contribution in [2.45, 2.75) is 0 Å². The Labute approximate surface area is 529 Å². The fourth-order valence-electron chi connectivity index (χ4n) is 12.0. The smallest absolute Gasteiger partial charge is 0.0622 e.